The van der Waals surface area contributed by atoms with E-state index in [0.29, 0.717) is 10.8 Å². The van der Waals surface area contributed by atoms with Gasteiger partial charge >= 0.3 is 0 Å². The topological polar surface area (TPSA) is 18.5 Å². The van der Waals surface area contributed by atoms with E-state index in [2.05, 4.69) is 13.2 Å². The first-order chi connectivity index (χ1) is 17.7. The zero-order valence-electron chi connectivity index (χ0n) is 23.9. The summed E-state index contributed by atoms with van der Waals surface area (Å²) in [5.74, 6) is 1.89. The molecular formula is C34H60O2. The van der Waals surface area contributed by atoms with Crippen LogP contribution in [0.1, 0.15) is 141 Å². The van der Waals surface area contributed by atoms with Gasteiger partial charge in [0.05, 0.1) is 13.2 Å². The fourth-order valence-corrected chi connectivity index (χ4v) is 8.32. The molecule has 0 atom stereocenters. The molecule has 0 unspecified atom stereocenters. The third-order valence-electron chi connectivity index (χ3n) is 9.51. The third-order valence-corrected chi connectivity index (χ3v) is 9.51. The highest BCUT2D eigenvalue weighted by atomic mass is 16.5. The monoisotopic (exact) mass is 500 g/mol. The predicted octanol–water partition coefficient (Wildman–Crippen LogP) is 10.2. The van der Waals surface area contributed by atoms with Crippen molar-refractivity contribution in [1.29, 1.82) is 0 Å². The molecule has 4 rings (SSSR count). The lowest BCUT2D eigenvalue weighted by Gasteiger charge is -2.62. The zero-order valence-corrected chi connectivity index (χ0v) is 23.9. The Bertz CT molecular complexity index is 534. The number of ether oxygens (including phenoxy) is 2. The van der Waals surface area contributed by atoms with E-state index in [4.69, 9.17) is 9.47 Å². The van der Waals surface area contributed by atoms with Gasteiger partial charge in [-0.15, -0.1) is 13.2 Å². The maximum atomic E-state index is 6.38. The molecule has 0 amide bonds. The molecule has 4 aliphatic rings. The van der Waals surface area contributed by atoms with Gasteiger partial charge in [-0.3, -0.25) is 0 Å². The first-order valence-corrected chi connectivity index (χ1v) is 16.1. The van der Waals surface area contributed by atoms with Gasteiger partial charge in [-0.2, -0.15) is 0 Å². The van der Waals surface area contributed by atoms with Crippen LogP contribution in [0.4, 0.5) is 0 Å². The van der Waals surface area contributed by atoms with Crippen molar-refractivity contribution in [2.75, 3.05) is 26.4 Å². The standard InChI is InChI=1S/C34H60O2/c1-3-5-7-9-11-13-15-17-19-21-35-29-33-24-31-23-32(25-33)27-34(26-31,28-33)30-36-22-20-18-16-14-12-10-8-6-4-2/h3-4,31-32H,1-2,5-30H2. The van der Waals surface area contributed by atoms with Gasteiger partial charge in [0.15, 0.2) is 0 Å². The number of hydrogen-bond acceptors (Lipinski definition) is 2. The molecule has 36 heavy (non-hydrogen) atoms. The lowest BCUT2D eigenvalue weighted by molar-refractivity contribution is -0.161. The van der Waals surface area contributed by atoms with Crippen LogP contribution in [-0.2, 0) is 9.47 Å². The van der Waals surface area contributed by atoms with Crippen molar-refractivity contribution in [3.63, 3.8) is 0 Å². The second-order valence-corrected chi connectivity index (χ2v) is 13.2. The summed E-state index contributed by atoms with van der Waals surface area (Å²) in [5.41, 5.74) is 0.953. The highest BCUT2D eigenvalue weighted by Gasteiger charge is 2.57. The number of allylic oxidation sites excluding steroid dienone is 2. The second kappa shape index (κ2) is 17.1. The number of unbranched alkanes of at least 4 members (excludes halogenated alkanes) is 14. The molecule has 2 heteroatoms. The minimum Gasteiger partial charge on any atom is -0.381 e. The molecule has 0 spiro atoms. The fraction of sp³-hybridized carbons (Fsp3) is 0.882. The second-order valence-electron chi connectivity index (χ2n) is 13.2. The summed E-state index contributed by atoms with van der Waals surface area (Å²) in [4.78, 5) is 0. The molecule has 208 valence electrons. The van der Waals surface area contributed by atoms with E-state index in [1.165, 1.54) is 141 Å². The predicted molar refractivity (Wildman–Crippen MR) is 155 cm³/mol. The van der Waals surface area contributed by atoms with E-state index in [1.807, 2.05) is 12.2 Å². The summed E-state index contributed by atoms with van der Waals surface area (Å²) in [6.07, 6.45) is 33.9. The summed E-state index contributed by atoms with van der Waals surface area (Å²) in [7, 11) is 0. The lowest BCUT2D eigenvalue weighted by atomic mass is 9.44. The Morgan fingerprint density at radius 3 is 1.28 bits per heavy atom. The Morgan fingerprint density at radius 1 is 0.528 bits per heavy atom. The molecule has 0 saturated heterocycles. The van der Waals surface area contributed by atoms with Crippen molar-refractivity contribution in [3.05, 3.63) is 25.3 Å². The van der Waals surface area contributed by atoms with Gasteiger partial charge in [0, 0.05) is 13.2 Å². The van der Waals surface area contributed by atoms with Crippen LogP contribution in [0.25, 0.3) is 0 Å². The molecule has 0 aliphatic heterocycles. The van der Waals surface area contributed by atoms with E-state index < -0.39 is 0 Å². The Labute approximate surface area is 225 Å². The molecule has 0 radical (unpaired) electrons. The molecule has 4 aliphatic carbocycles. The zero-order chi connectivity index (χ0) is 25.4. The Morgan fingerprint density at radius 2 is 0.889 bits per heavy atom. The number of rotatable bonds is 24. The summed E-state index contributed by atoms with van der Waals surface area (Å²) in [6, 6.07) is 0. The first kappa shape index (κ1) is 29.9. The van der Waals surface area contributed by atoms with Crippen molar-refractivity contribution in [2.24, 2.45) is 22.7 Å². The van der Waals surface area contributed by atoms with Gasteiger partial charge in [0.25, 0.3) is 0 Å². The number of hydrogen-bond donors (Lipinski definition) is 0. The fourth-order valence-electron chi connectivity index (χ4n) is 8.32. The summed E-state index contributed by atoms with van der Waals surface area (Å²) in [5, 5.41) is 0. The van der Waals surface area contributed by atoms with E-state index in [-0.39, 0.29) is 0 Å². The van der Waals surface area contributed by atoms with Crippen LogP contribution in [-0.4, -0.2) is 26.4 Å². The average Bonchev–Trinajstić information content (AvgIpc) is 2.85. The van der Waals surface area contributed by atoms with Crippen LogP contribution >= 0.6 is 0 Å². The molecule has 4 saturated carbocycles. The van der Waals surface area contributed by atoms with Gasteiger partial charge in [0.1, 0.15) is 0 Å². The van der Waals surface area contributed by atoms with Gasteiger partial charge in [0.2, 0.25) is 0 Å². The molecule has 0 N–H and O–H groups in total. The van der Waals surface area contributed by atoms with Gasteiger partial charge in [-0.1, -0.05) is 76.4 Å². The Balaban J connectivity index is 1.24. The van der Waals surface area contributed by atoms with Gasteiger partial charge in [-0.05, 0) is 99.7 Å². The van der Waals surface area contributed by atoms with E-state index in [1.54, 1.807) is 0 Å². The normalized spacial score (nSPS) is 28.6. The quantitative estimate of drug-likeness (QED) is 0.0969. The van der Waals surface area contributed by atoms with Crippen molar-refractivity contribution in [1.82, 2.24) is 0 Å². The Hall–Kier alpha value is -0.600. The van der Waals surface area contributed by atoms with Gasteiger partial charge < -0.3 is 9.47 Å². The lowest BCUT2D eigenvalue weighted by Crippen LogP contribution is -2.55. The molecule has 0 heterocycles. The van der Waals surface area contributed by atoms with Crippen LogP contribution in [0.5, 0.6) is 0 Å². The highest BCUT2D eigenvalue weighted by molar-refractivity contribution is 5.07. The minimum absolute atomic E-state index is 0.476. The average molecular weight is 501 g/mol. The minimum atomic E-state index is 0.476. The largest absolute Gasteiger partial charge is 0.381 e. The van der Waals surface area contributed by atoms with Crippen LogP contribution < -0.4 is 0 Å². The molecule has 0 aromatic heterocycles. The van der Waals surface area contributed by atoms with E-state index in [9.17, 15) is 0 Å². The molecule has 0 aromatic carbocycles. The summed E-state index contributed by atoms with van der Waals surface area (Å²) in [6.45, 7) is 11.6. The molecule has 4 bridgehead atoms. The molecular weight excluding hydrogens is 440 g/mol. The van der Waals surface area contributed by atoms with Crippen LogP contribution in [0.2, 0.25) is 0 Å². The van der Waals surface area contributed by atoms with E-state index in [0.717, 1.165) is 38.3 Å². The maximum absolute atomic E-state index is 6.38. The maximum Gasteiger partial charge on any atom is 0.0522 e. The third kappa shape index (κ3) is 10.6. The highest BCUT2D eigenvalue weighted by Crippen LogP contribution is 2.65. The molecule has 0 aromatic rings. The van der Waals surface area contributed by atoms with Crippen LogP contribution in [0.15, 0.2) is 25.3 Å². The van der Waals surface area contributed by atoms with Crippen molar-refractivity contribution in [3.8, 4) is 0 Å². The smallest absolute Gasteiger partial charge is 0.0522 e. The first-order valence-electron chi connectivity index (χ1n) is 16.1. The SMILES string of the molecule is C=CCCCCCCCCCOCC12CC3CC(C1)CC(COCCCCCCCCCC=C)(C3)C2. The van der Waals surface area contributed by atoms with Gasteiger partial charge in [-0.25, -0.2) is 0 Å². The van der Waals surface area contributed by atoms with Crippen molar-refractivity contribution in [2.45, 2.75) is 141 Å². The van der Waals surface area contributed by atoms with Crippen molar-refractivity contribution < 1.29 is 9.47 Å². The Kier molecular flexibility index (Phi) is 14.2. The van der Waals surface area contributed by atoms with Crippen LogP contribution in [0, 0.1) is 22.7 Å². The van der Waals surface area contributed by atoms with E-state index >= 15 is 0 Å². The molecule has 4 fully saturated rings. The van der Waals surface area contributed by atoms with Crippen molar-refractivity contribution >= 4 is 0 Å². The summed E-state index contributed by atoms with van der Waals surface area (Å²) < 4.78 is 12.8. The molecule has 2 nitrogen and oxygen atoms in total. The van der Waals surface area contributed by atoms with Crippen LogP contribution in [0.3, 0.4) is 0 Å². The summed E-state index contributed by atoms with van der Waals surface area (Å²) >= 11 is 0.